The molecule has 0 aliphatic carbocycles. The van der Waals surface area contributed by atoms with Gasteiger partial charge in [-0.2, -0.15) is 0 Å². The molecule has 190 valence electrons. The first-order chi connectivity index (χ1) is 16.9. The second-order valence-electron chi connectivity index (χ2n) is 8.44. The lowest BCUT2D eigenvalue weighted by Crippen LogP contribution is -2.49. The summed E-state index contributed by atoms with van der Waals surface area (Å²) >= 11 is 6.03. The second kappa shape index (κ2) is 13.3. The fourth-order valence-electron chi connectivity index (χ4n) is 3.95. The highest BCUT2D eigenvalue weighted by atomic mass is 35.5. The molecule has 0 aromatic heterocycles. The molecule has 0 bridgehead atoms. The van der Waals surface area contributed by atoms with Crippen molar-refractivity contribution in [2.45, 2.75) is 25.9 Å². The zero-order valence-electron chi connectivity index (χ0n) is 20.6. The average Bonchev–Trinajstić information content (AvgIpc) is 2.88. The highest BCUT2D eigenvalue weighted by Gasteiger charge is 2.26. The summed E-state index contributed by atoms with van der Waals surface area (Å²) in [5.74, 6) is 0.793. The maximum atomic E-state index is 13.4. The molecule has 2 aromatic rings. The number of nitrogens with zero attached hydrogens (tertiary/aromatic N) is 2. The molecular weight excluding hydrogens is 470 g/mol. The number of hydrogen-bond donors (Lipinski definition) is 1. The van der Waals surface area contributed by atoms with Crippen LogP contribution in [0.15, 0.2) is 42.5 Å². The minimum atomic E-state index is -0.650. The molecule has 0 saturated carbocycles. The van der Waals surface area contributed by atoms with Crippen LogP contribution in [0, 0.1) is 0 Å². The van der Waals surface area contributed by atoms with Crippen molar-refractivity contribution in [3.63, 3.8) is 0 Å². The Balaban J connectivity index is 1.70. The lowest BCUT2D eigenvalue weighted by atomic mass is 10.1. The fraction of sp³-hybridized carbons (Fsp3) is 0.462. The highest BCUT2D eigenvalue weighted by molar-refractivity contribution is 6.30. The Morgan fingerprint density at radius 1 is 1.06 bits per heavy atom. The van der Waals surface area contributed by atoms with Crippen molar-refractivity contribution < 1.29 is 23.8 Å². The van der Waals surface area contributed by atoms with Crippen LogP contribution in [0.4, 0.5) is 0 Å². The van der Waals surface area contributed by atoms with Gasteiger partial charge in [0, 0.05) is 37.7 Å². The molecule has 0 spiro atoms. The van der Waals surface area contributed by atoms with E-state index in [1.165, 1.54) is 0 Å². The molecule has 3 rings (SSSR count). The zero-order chi connectivity index (χ0) is 25.2. The van der Waals surface area contributed by atoms with Gasteiger partial charge in [-0.25, -0.2) is 0 Å². The van der Waals surface area contributed by atoms with E-state index in [4.69, 9.17) is 25.8 Å². The number of halogens is 1. The predicted molar refractivity (Wildman–Crippen MR) is 135 cm³/mol. The van der Waals surface area contributed by atoms with Gasteiger partial charge in [0.25, 0.3) is 0 Å². The van der Waals surface area contributed by atoms with E-state index >= 15 is 0 Å². The van der Waals surface area contributed by atoms with Crippen molar-refractivity contribution in [1.82, 2.24) is 15.1 Å². The van der Waals surface area contributed by atoms with E-state index in [1.807, 2.05) is 18.2 Å². The third-order valence-corrected chi connectivity index (χ3v) is 6.32. The molecule has 1 N–H and O–H groups in total. The van der Waals surface area contributed by atoms with Gasteiger partial charge >= 0.3 is 0 Å². The van der Waals surface area contributed by atoms with Gasteiger partial charge in [-0.3, -0.25) is 14.5 Å². The Hall–Kier alpha value is -2.81. The van der Waals surface area contributed by atoms with Crippen molar-refractivity contribution in [3.8, 4) is 11.5 Å². The molecular formula is C26H34ClN3O5. The maximum Gasteiger partial charge on any atom is 0.242 e. The lowest BCUT2D eigenvalue weighted by Gasteiger charge is -2.30. The number of carbonyl (C=O) groups excluding carboxylic acids is 2. The van der Waals surface area contributed by atoms with Crippen LogP contribution in [0.1, 0.15) is 18.1 Å². The first-order valence-electron chi connectivity index (χ1n) is 11.7. The Morgan fingerprint density at radius 2 is 1.71 bits per heavy atom. The van der Waals surface area contributed by atoms with Crippen molar-refractivity contribution >= 4 is 23.4 Å². The molecule has 1 aliphatic rings. The second-order valence-corrected chi connectivity index (χ2v) is 8.87. The summed E-state index contributed by atoms with van der Waals surface area (Å²) in [6, 6.07) is 12.0. The van der Waals surface area contributed by atoms with Crippen LogP contribution in [0.2, 0.25) is 5.02 Å². The van der Waals surface area contributed by atoms with Crippen LogP contribution in [0.25, 0.3) is 0 Å². The van der Waals surface area contributed by atoms with Crippen LogP contribution in [0.5, 0.6) is 11.5 Å². The van der Waals surface area contributed by atoms with Gasteiger partial charge in [-0.05, 0) is 42.3 Å². The van der Waals surface area contributed by atoms with E-state index < -0.39 is 6.04 Å². The van der Waals surface area contributed by atoms with Gasteiger partial charge in [0.05, 0.1) is 33.9 Å². The molecule has 0 unspecified atom stereocenters. The lowest BCUT2D eigenvalue weighted by molar-refractivity contribution is -0.140. The van der Waals surface area contributed by atoms with Gasteiger partial charge in [0.1, 0.15) is 6.04 Å². The molecule has 1 atom stereocenters. The summed E-state index contributed by atoms with van der Waals surface area (Å²) in [5, 5.41) is 3.60. The topological polar surface area (TPSA) is 80.3 Å². The molecule has 8 nitrogen and oxygen atoms in total. The van der Waals surface area contributed by atoms with Crippen molar-refractivity contribution in [2.24, 2.45) is 0 Å². The summed E-state index contributed by atoms with van der Waals surface area (Å²) < 4.78 is 16.0. The number of benzene rings is 2. The van der Waals surface area contributed by atoms with Gasteiger partial charge in [0.15, 0.2) is 11.5 Å². The minimum absolute atomic E-state index is 0.124. The largest absolute Gasteiger partial charge is 0.493 e. The Bertz CT molecular complexity index is 979. The van der Waals surface area contributed by atoms with Gasteiger partial charge in [-0.15, -0.1) is 0 Å². The third-order valence-electron chi connectivity index (χ3n) is 6.07. The van der Waals surface area contributed by atoms with Gasteiger partial charge in [0.2, 0.25) is 11.8 Å². The normalized spacial score (nSPS) is 14.7. The molecule has 1 saturated heterocycles. The maximum absolute atomic E-state index is 13.4. The summed E-state index contributed by atoms with van der Waals surface area (Å²) in [7, 11) is 3.12. The SMILES string of the molecule is COc1ccc(CC(=O)N(Cc2ccc(Cl)cc2)[C@H](C)C(=O)NCCN2CCOCC2)cc1OC. The van der Waals surface area contributed by atoms with Crippen LogP contribution in [-0.4, -0.2) is 81.3 Å². The van der Waals surface area contributed by atoms with E-state index in [9.17, 15) is 9.59 Å². The van der Waals surface area contributed by atoms with Crippen LogP contribution in [-0.2, 0) is 27.3 Å². The number of amides is 2. The Kier molecular flexibility index (Phi) is 10.2. The van der Waals surface area contributed by atoms with E-state index in [1.54, 1.807) is 50.3 Å². The number of morpholine rings is 1. The minimum Gasteiger partial charge on any atom is -0.493 e. The summed E-state index contributed by atoms with van der Waals surface area (Å²) in [6.07, 6.45) is 0.124. The standard InChI is InChI=1S/C26H34ClN3O5/c1-19(26(32)28-10-11-29-12-14-35-15-13-29)30(18-20-4-7-22(27)8-5-20)25(31)17-21-6-9-23(33-2)24(16-21)34-3/h4-9,16,19H,10-15,17-18H2,1-3H3,(H,28,32)/t19-/m1/s1. The smallest absolute Gasteiger partial charge is 0.242 e. The first-order valence-corrected chi connectivity index (χ1v) is 12.1. The third kappa shape index (κ3) is 7.85. The van der Waals surface area contributed by atoms with Gasteiger partial charge in [-0.1, -0.05) is 29.8 Å². The van der Waals surface area contributed by atoms with Crippen molar-refractivity contribution in [2.75, 3.05) is 53.6 Å². The molecule has 1 fully saturated rings. The van der Waals surface area contributed by atoms with Crippen LogP contribution >= 0.6 is 11.6 Å². The van der Waals surface area contributed by atoms with Crippen molar-refractivity contribution in [1.29, 1.82) is 0 Å². The number of hydrogen-bond acceptors (Lipinski definition) is 6. The average molecular weight is 504 g/mol. The first kappa shape index (κ1) is 26.8. The number of ether oxygens (including phenoxy) is 3. The van der Waals surface area contributed by atoms with E-state index in [-0.39, 0.29) is 18.2 Å². The summed E-state index contributed by atoms with van der Waals surface area (Å²) in [4.78, 5) is 30.3. The van der Waals surface area contributed by atoms with E-state index in [0.29, 0.717) is 42.8 Å². The quantitative estimate of drug-likeness (QED) is 0.508. The number of methoxy groups -OCH3 is 2. The highest BCUT2D eigenvalue weighted by Crippen LogP contribution is 2.28. The molecule has 1 heterocycles. The Labute approximate surface area is 212 Å². The molecule has 35 heavy (non-hydrogen) atoms. The monoisotopic (exact) mass is 503 g/mol. The number of rotatable bonds is 11. The molecule has 0 radical (unpaired) electrons. The van der Waals surface area contributed by atoms with Crippen molar-refractivity contribution in [3.05, 3.63) is 58.6 Å². The molecule has 2 amide bonds. The predicted octanol–water partition coefficient (Wildman–Crippen LogP) is 2.77. The number of carbonyl (C=O) groups is 2. The van der Waals surface area contributed by atoms with Crippen LogP contribution < -0.4 is 14.8 Å². The number of nitrogens with one attached hydrogen (secondary N) is 1. The molecule has 1 aliphatic heterocycles. The summed E-state index contributed by atoms with van der Waals surface area (Å²) in [6.45, 7) is 6.46. The molecule has 9 heteroatoms. The van der Waals surface area contributed by atoms with Crippen LogP contribution in [0.3, 0.4) is 0 Å². The van der Waals surface area contributed by atoms with Gasteiger partial charge < -0.3 is 24.4 Å². The molecule has 2 aromatic carbocycles. The van der Waals surface area contributed by atoms with E-state index in [0.717, 1.165) is 30.8 Å². The summed E-state index contributed by atoms with van der Waals surface area (Å²) in [5.41, 5.74) is 1.66. The zero-order valence-corrected chi connectivity index (χ0v) is 21.3. The fourth-order valence-corrected chi connectivity index (χ4v) is 4.07. The Morgan fingerprint density at radius 3 is 2.37 bits per heavy atom. The van der Waals surface area contributed by atoms with E-state index in [2.05, 4.69) is 10.2 Å².